The van der Waals surface area contributed by atoms with Crippen LogP contribution < -0.4 is 15.1 Å². The molecule has 4 heterocycles. The van der Waals surface area contributed by atoms with Gasteiger partial charge in [0.1, 0.15) is 6.04 Å². The molecule has 0 spiro atoms. The van der Waals surface area contributed by atoms with E-state index in [9.17, 15) is 0 Å². The lowest BCUT2D eigenvalue weighted by Crippen LogP contribution is -2.39. The Morgan fingerprint density at radius 2 is 1.76 bits per heavy atom. The Kier molecular flexibility index (Phi) is 7.37. The number of hydrogen-bond donors (Lipinski definition) is 1. The minimum Gasteiger partial charge on any atom is -0.370 e. The summed E-state index contributed by atoms with van der Waals surface area (Å²) < 4.78 is 2.51. The Bertz CT molecular complexity index is 1260. The maximum atomic E-state index is 7.01. The molecule has 2 aliphatic heterocycles. The summed E-state index contributed by atoms with van der Waals surface area (Å²) in [5, 5.41) is 5.12. The largest absolute Gasteiger partial charge is 0.370 e. The average Bonchev–Trinajstić information content (AvgIpc) is 3.53. The van der Waals surface area contributed by atoms with Gasteiger partial charge in [-0.2, -0.15) is 0 Å². The van der Waals surface area contributed by atoms with Crippen LogP contribution in [0.25, 0.3) is 0 Å². The summed E-state index contributed by atoms with van der Waals surface area (Å²) in [6.45, 7) is 6.77. The number of benzene rings is 1. The summed E-state index contributed by atoms with van der Waals surface area (Å²) >= 11 is 13.0. The van der Waals surface area contributed by atoms with Gasteiger partial charge >= 0.3 is 0 Å². The highest BCUT2D eigenvalue weighted by molar-refractivity contribution is 7.80. The molecule has 1 N–H and O–H groups in total. The highest BCUT2D eigenvalue weighted by atomic mass is 35.5. The van der Waals surface area contributed by atoms with E-state index >= 15 is 0 Å². The number of halogens is 1. The Hall–Kier alpha value is -2.57. The third-order valence-electron chi connectivity index (χ3n) is 8.60. The number of rotatable bonds is 5. The van der Waals surface area contributed by atoms with Crippen LogP contribution in [0.3, 0.4) is 0 Å². The lowest BCUT2D eigenvalue weighted by molar-refractivity contribution is 0.340. The van der Waals surface area contributed by atoms with Crippen molar-refractivity contribution in [3.05, 3.63) is 77.3 Å². The molecule has 0 radical (unpaired) electrons. The number of piperidine rings is 1. The van der Waals surface area contributed by atoms with E-state index in [2.05, 4.69) is 82.2 Å². The van der Waals surface area contributed by atoms with Gasteiger partial charge in [-0.25, -0.2) is 0 Å². The molecule has 2 aromatic heterocycles. The molecule has 1 aliphatic carbocycles. The van der Waals surface area contributed by atoms with Crippen molar-refractivity contribution in [3.8, 4) is 0 Å². The van der Waals surface area contributed by atoms with Crippen LogP contribution in [0.15, 0.2) is 60.9 Å². The lowest BCUT2D eigenvalue weighted by atomic mass is 9.91. The van der Waals surface area contributed by atoms with Crippen LogP contribution in [-0.2, 0) is 0 Å². The number of nitrogens with one attached hydrogen (secondary N) is 1. The van der Waals surface area contributed by atoms with E-state index in [1.807, 2.05) is 12.3 Å². The summed E-state index contributed by atoms with van der Waals surface area (Å²) in [4.78, 5) is 9.46. The topological polar surface area (TPSA) is 36.3 Å². The normalized spacial score (nSPS) is 26.6. The monoisotopic (exact) mass is 547 g/mol. The molecule has 1 aromatic carbocycles. The fraction of sp³-hybridized carbons (Fsp3) is 0.484. The van der Waals surface area contributed by atoms with Crippen molar-refractivity contribution in [3.63, 3.8) is 0 Å². The molecule has 7 heteroatoms. The first kappa shape index (κ1) is 25.7. The zero-order valence-corrected chi connectivity index (χ0v) is 24.0. The highest BCUT2D eigenvalue weighted by Gasteiger charge is 2.42. The number of aromatic nitrogens is 2. The first-order chi connectivity index (χ1) is 18.5. The Morgan fingerprint density at radius 3 is 2.47 bits per heavy atom. The summed E-state index contributed by atoms with van der Waals surface area (Å²) in [6.07, 6.45) is 11.8. The van der Waals surface area contributed by atoms with E-state index in [0.29, 0.717) is 23.0 Å². The predicted octanol–water partition coefficient (Wildman–Crippen LogP) is 7.70. The summed E-state index contributed by atoms with van der Waals surface area (Å²) in [5.74, 6) is 1.34. The van der Waals surface area contributed by atoms with Crippen LogP contribution in [0.1, 0.15) is 81.9 Å². The van der Waals surface area contributed by atoms with Crippen molar-refractivity contribution < 1.29 is 0 Å². The maximum absolute atomic E-state index is 7.01. The maximum Gasteiger partial charge on any atom is 0.174 e. The van der Waals surface area contributed by atoms with Gasteiger partial charge in [-0.3, -0.25) is 4.98 Å². The molecular formula is C31H38ClN5S. The van der Waals surface area contributed by atoms with Crippen molar-refractivity contribution in [1.82, 2.24) is 14.9 Å². The molecule has 4 atom stereocenters. The van der Waals surface area contributed by atoms with Gasteiger partial charge in [0.2, 0.25) is 0 Å². The second-order valence-electron chi connectivity index (χ2n) is 11.6. The predicted molar refractivity (Wildman–Crippen MR) is 161 cm³/mol. The lowest BCUT2D eigenvalue weighted by Gasteiger charge is -2.37. The van der Waals surface area contributed by atoms with Gasteiger partial charge in [0, 0.05) is 42.9 Å². The van der Waals surface area contributed by atoms with Crippen LogP contribution >= 0.6 is 23.8 Å². The van der Waals surface area contributed by atoms with Crippen LogP contribution in [0, 0.1) is 11.8 Å². The van der Waals surface area contributed by atoms with Gasteiger partial charge in [-0.1, -0.05) is 50.8 Å². The third kappa shape index (κ3) is 4.93. The van der Waals surface area contributed by atoms with E-state index in [1.54, 1.807) is 0 Å². The summed E-state index contributed by atoms with van der Waals surface area (Å²) in [5.41, 5.74) is 4.42. The number of thiocarbonyl (C=S) groups is 1. The second kappa shape index (κ2) is 10.9. The van der Waals surface area contributed by atoms with Crippen molar-refractivity contribution in [1.29, 1.82) is 0 Å². The molecule has 0 bridgehead atoms. The van der Waals surface area contributed by atoms with Gasteiger partial charge in [-0.15, -0.1) is 0 Å². The van der Waals surface area contributed by atoms with E-state index in [4.69, 9.17) is 28.8 Å². The SMILES string of the molecule is C[C@@H]1C[C@H](C)CN(c2ccc(N3C(=S)N[C@H](c4ccccn4)[C@@H]3c3cccn3C3CCCCC3)cc2Cl)C1. The molecule has 200 valence electrons. The molecule has 5 nitrogen and oxygen atoms in total. The number of hydrogen-bond acceptors (Lipinski definition) is 3. The first-order valence-corrected chi connectivity index (χ1v) is 15.0. The quantitative estimate of drug-likeness (QED) is 0.331. The standard InChI is InChI=1S/C31H38ClN5S/c1-21-17-22(2)20-35(19-21)27-14-13-24(18-25(27)32)37-30(29(34-31(37)38)26-11-6-7-15-33-26)28-12-8-16-36(28)23-9-4-3-5-10-23/h6-8,11-16,18,21-23,29-30H,3-5,9-10,17,19-20H2,1-2H3,(H,34,38)/t21-,22+,29-,30+/m1/s1. The van der Waals surface area contributed by atoms with Gasteiger partial charge in [-0.05, 0) is 85.8 Å². The van der Waals surface area contributed by atoms with Crippen molar-refractivity contribution in [2.75, 3.05) is 22.9 Å². The summed E-state index contributed by atoms with van der Waals surface area (Å²) in [7, 11) is 0. The van der Waals surface area contributed by atoms with E-state index in [1.165, 1.54) is 44.2 Å². The third-order valence-corrected chi connectivity index (χ3v) is 9.22. The molecular weight excluding hydrogens is 510 g/mol. The first-order valence-electron chi connectivity index (χ1n) is 14.2. The van der Waals surface area contributed by atoms with Gasteiger partial charge in [0.15, 0.2) is 5.11 Å². The molecule has 0 amide bonds. The fourth-order valence-electron chi connectivity index (χ4n) is 7.04. The van der Waals surface area contributed by atoms with E-state index < -0.39 is 0 Å². The van der Waals surface area contributed by atoms with E-state index in [0.717, 1.165) is 35.2 Å². The molecule has 3 fully saturated rings. The van der Waals surface area contributed by atoms with Crippen molar-refractivity contribution in [2.24, 2.45) is 11.8 Å². The zero-order valence-electron chi connectivity index (χ0n) is 22.4. The summed E-state index contributed by atoms with van der Waals surface area (Å²) in [6, 6.07) is 17.5. The Labute approximate surface area is 237 Å². The minimum absolute atomic E-state index is 0.0220. The van der Waals surface area contributed by atoms with Crippen LogP contribution in [0.4, 0.5) is 11.4 Å². The number of nitrogens with zero attached hydrogens (tertiary/aromatic N) is 4. The van der Waals surface area contributed by atoms with E-state index in [-0.39, 0.29) is 12.1 Å². The van der Waals surface area contributed by atoms with Crippen LogP contribution in [-0.4, -0.2) is 27.8 Å². The van der Waals surface area contributed by atoms with Crippen molar-refractivity contribution in [2.45, 2.75) is 70.5 Å². The molecule has 38 heavy (non-hydrogen) atoms. The smallest absolute Gasteiger partial charge is 0.174 e. The second-order valence-corrected chi connectivity index (χ2v) is 12.4. The minimum atomic E-state index is -0.0526. The molecule has 6 rings (SSSR count). The molecule has 2 saturated heterocycles. The molecule has 1 saturated carbocycles. The zero-order chi connectivity index (χ0) is 26.2. The molecule has 3 aliphatic rings. The van der Waals surface area contributed by atoms with Crippen LogP contribution in [0.5, 0.6) is 0 Å². The number of anilines is 2. The highest BCUT2D eigenvalue weighted by Crippen LogP contribution is 2.45. The fourth-order valence-corrected chi connectivity index (χ4v) is 7.68. The molecule has 3 aromatic rings. The van der Waals surface area contributed by atoms with Gasteiger partial charge in [0.25, 0.3) is 0 Å². The van der Waals surface area contributed by atoms with Crippen molar-refractivity contribution >= 4 is 40.3 Å². The Morgan fingerprint density at radius 1 is 0.974 bits per heavy atom. The molecule has 0 unspecified atom stereocenters. The Balaban J connectivity index is 1.39. The average molecular weight is 548 g/mol. The number of pyridine rings is 1. The van der Waals surface area contributed by atoms with Gasteiger partial charge < -0.3 is 19.7 Å². The van der Waals surface area contributed by atoms with Gasteiger partial charge in [0.05, 0.1) is 22.4 Å². The van der Waals surface area contributed by atoms with Crippen LogP contribution in [0.2, 0.25) is 5.02 Å².